The summed E-state index contributed by atoms with van der Waals surface area (Å²) >= 11 is 6.25. The van der Waals surface area contributed by atoms with Gasteiger partial charge in [0.15, 0.2) is 0 Å². The Bertz CT molecular complexity index is 675. The highest BCUT2D eigenvalue weighted by atomic mass is 35.5. The number of allylic oxidation sites excluding steroid dienone is 3. The number of hydrogen-bond donors (Lipinski definition) is 1. The van der Waals surface area contributed by atoms with Crippen LogP contribution in [0.25, 0.3) is 0 Å². The number of carbonyl (C=O) groups is 1. The molecule has 128 valence electrons. The maximum atomic E-state index is 10.7. The van der Waals surface area contributed by atoms with Gasteiger partial charge in [-0.05, 0) is 67.7 Å². The Hall–Kier alpha value is -1.74. The largest absolute Gasteiger partial charge is 0.489 e. The van der Waals surface area contributed by atoms with Crippen LogP contribution in [0.5, 0.6) is 5.75 Å². The van der Waals surface area contributed by atoms with Crippen LogP contribution >= 0.6 is 11.6 Å². The van der Waals surface area contributed by atoms with E-state index in [0.717, 1.165) is 17.7 Å². The first-order valence-electron chi connectivity index (χ1n) is 8.64. The fourth-order valence-electron chi connectivity index (χ4n) is 3.60. The van der Waals surface area contributed by atoms with Crippen molar-refractivity contribution < 1.29 is 14.6 Å². The minimum atomic E-state index is -0.812. The Kier molecular flexibility index (Phi) is 5.62. The van der Waals surface area contributed by atoms with Crippen molar-refractivity contribution in [3.8, 4) is 5.75 Å². The average molecular weight is 347 g/mol. The molecule has 0 saturated carbocycles. The molecule has 3 nitrogen and oxygen atoms in total. The molecule has 1 unspecified atom stereocenters. The summed E-state index contributed by atoms with van der Waals surface area (Å²) in [5.41, 5.74) is 3.87. The Morgan fingerprint density at radius 3 is 2.92 bits per heavy atom. The first-order chi connectivity index (χ1) is 11.6. The highest BCUT2D eigenvalue weighted by molar-refractivity contribution is 6.31. The van der Waals surface area contributed by atoms with Gasteiger partial charge >= 0.3 is 5.97 Å². The molecule has 0 heterocycles. The number of ether oxygens (including phenoxy) is 1. The first-order valence-corrected chi connectivity index (χ1v) is 9.02. The summed E-state index contributed by atoms with van der Waals surface area (Å²) in [5.74, 6) is 0.556. The SMILES string of the molecule is O=C(O)CCc1ccc(OCC2=C(C3C=CCC3)CCC2)cc1Cl. The molecular weight excluding hydrogens is 324 g/mol. The molecule has 0 aliphatic heterocycles. The number of aryl methyl sites for hydroxylation is 1. The molecule has 2 aliphatic carbocycles. The lowest BCUT2D eigenvalue weighted by Crippen LogP contribution is -2.05. The van der Waals surface area contributed by atoms with Crippen molar-refractivity contribution in [2.24, 2.45) is 5.92 Å². The first kappa shape index (κ1) is 17.1. The zero-order chi connectivity index (χ0) is 16.9. The number of rotatable bonds is 7. The van der Waals surface area contributed by atoms with E-state index in [-0.39, 0.29) is 6.42 Å². The molecule has 1 aromatic rings. The van der Waals surface area contributed by atoms with Crippen LogP contribution < -0.4 is 4.74 Å². The van der Waals surface area contributed by atoms with E-state index in [2.05, 4.69) is 12.2 Å². The number of carboxylic acids is 1. The van der Waals surface area contributed by atoms with Crippen LogP contribution in [-0.4, -0.2) is 17.7 Å². The number of carboxylic acid groups (broad SMARTS) is 1. The van der Waals surface area contributed by atoms with Gasteiger partial charge in [0.05, 0.1) is 0 Å². The summed E-state index contributed by atoms with van der Waals surface area (Å²) in [4.78, 5) is 10.7. The van der Waals surface area contributed by atoms with Gasteiger partial charge < -0.3 is 9.84 Å². The molecule has 24 heavy (non-hydrogen) atoms. The zero-order valence-electron chi connectivity index (χ0n) is 13.8. The molecule has 0 amide bonds. The minimum Gasteiger partial charge on any atom is -0.489 e. The second-order valence-electron chi connectivity index (χ2n) is 6.53. The summed E-state index contributed by atoms with van der Waals surface area (Å²) in [6, 6.07) is 5.54. The third-order valence-electron chi connectivity index (χ3n) is 4.88. The van der Waals surface area contributed by atoms with Crippen LogP contribution in [0.1, 0.15) is 44.1 Å². The van der Waals surface area contributed by atoms with Crippen molar-refractivity contribution in [3.63, 3.8) is 0 Å². The lowest BCUT2D eigenvalue weighted by atomic mass is 9.95. The van der Waals surface area contributed by atoms with Crippen molar-refractivity contribution in [1.29, 1.82) is 0 Å². The van der Waals surface area contributed by atoms with E-state index in [4.69, 9.17) is 21.4 Å². The topological polar surface area (TPSA) is 46.5 Å². The second kappa shape index (κ2) is 7.89. The average Bonchev–Trinajstić information content (AvgIpc) is 3.22. The lowest BCUT2D eigenvalue weighted by molar-refractivity contribution is -0.136. The van der Waals surface area contributed by atoms with Crippen LogP contribution in [0.2, 0.25) is 5.02 Å². The van der Waals surface area contributed by atoms with Gasteiger partial charge in [-0.25, -0.2) is 0 Å². The maximum Gasteiger partial charge on any atom is 0.303 e. The number of hydrogen-bond acceptors (Lipinski definition) is 2. The van der Waals surface area contributed by atoms with Gasteiger partial charge in [-0.15, -0.1) is 0 Å². The van der Waals surface area contributed by atoms with Crippen LogP contribution in [-0.2, 0) is 11.2 Å². The van der Waals surface area contributed by atoms with E-state index in [1.807, 2.05) is 12.1 Å². The van der Waals surface area contributed by atoms with Crippen molar-refractivity contribution in [1.82, 2.24) is 0 Å². The third-order valence-corrected chi connectivity index (χ3v) is 5.24. The van der Waals surface area contributed by atoms with Gasteiger partial charge in [0.25, 0.3) is 0 Å². The van der Waals surface area contributed by atoms with Gasteiger partial charge in [-0.2, -0.15) is 0 Å². The Labute approximate surface area is 148 Å². The monoisotopic (exact) mass is 346 g/mol. The molecular formula is C20H23ClO3. The van der Waals surface area contributed by atoms with Gasteiger partial charge in [0, 0.05) is 11.4 Å². The third kappa shape index (κ3) is 4.21. The van der Waals surface area contributed by atoms with Gasteiger partial charge in [0.2, 0.25) is 0 Å². The summed E-state index contributed by atoms with van der Waals surface area (Å²) in [5, 5.41) is 9.34. The smallest absolute Gasteiger partial charge is 0.303 e. The maximum absolute atomic E-state index is 10.7. The van der Waals surface area contributed by atoms with Crippen molar-refractivity contribution >= 4 is 17.6 Å². The summed E-state index contributed by atoms with van der Waals surface area (Å²) in [6.45, 7) is 0.629. The predicted molar refractivity (Wildman–Crippen MR) is 95.6 cm³/mol. The van der Waals surface area contributed by atoms with E-state index in [1.54, 1.807) is 11.6 Å². The number of aliphatic carboxylic acids is 1. The Morgan fingerprint density at radius 2 is 2.21 bits per heavy atom. The van der Waals surface area contributed by atoms with Gasteiger partial charge in [-0.1, -0.05) is 35.4 Å². The number of halogens is 1. The molecule has 4 heteroatoms. The van der Waals surface area contributed by atoms with E-state index in [9.17, 15) is 4.79 Å². The summed E-state index contributed by atoms with van der Waals surface area (Å²) in [7, 11) is 0. The molecule has 1 atom stereocenters. The van der Waals surface area contributed by atoms with Crippen molar-refractivity contribution in [2.75, 3.05) is 6.61 Å². The molecule has 1 aromatic carbocycles. The molecule has 1 N–H and O–H groups in total. The van der Waals surface area contributed by atoms with E-state index in [0.29, 0.717) is 24.0 Å². The zero-order valence-corrected chi connectivity index (χ0v) is 14.5. The molecule has 0 aromatic heterocycles. The highest BCUT2D eigenvalue weighted by Gasteiger charge is 2.22. The lowest BCUT2D eigenvalue weighted by Gasteiger charge is -2.14. The fourth-order valence-corrected chi connectivity index (χ4v) is 3.86. The minimum absolute atomic E-state index is 0.0884. The van der Waals surface area contributed by atoms with Gasteiger partial charge in [-0.3, -0.25) is 4.79 Å². The van der Waals surface area contributed by atoms with Crippen molar-refractivity contribution in [3.05, 3.63) is 52.1 Å². The van der Waals surface area contributed by atoms with E-state index >= 15 is 0 Å². The molecule has 0 bridgehead atoms. The van der Waals surface area contributed by atoms with Crippen LogP contribution in [0.4, 0.5) is 0 Å². The summed E-state index contributed by atoms with van der Waals surface area (Å²) < 4.78 is 5.96. The summed E-state index contributed by atoms with van der Waals surface area (Å²) in [6.07, 6.45) is 11.1. The standard InChI is InChI=1S/C20H23ClO3/c21-19-12-17(10-8-15(19)9-11-20(22)23)24-13-16-6-3-7-18(16)14-4-1-2-5-14/h1,4,8,10,12,14H,2-3,5-7,9,11,13H2,(H,22,23). The predicted octanol–water partition coefficient (Wildman–Crippen LogP) is 5.18. The molecule has 3 rings (SSSR count). The van der Waals surface area contributed by atoms with E-state index < -0.39 is 5.97 Å². The van der Waals surface area contributed by atoms with Gasteiger partial charge in [0.1, 0.15) is 12.4 Å². The molecule has 0 radical (unpaired) electrons. The molecule has 2 aliphatic rings. The van der Waals surface area contributed by atoms with Crippen LogP contribution in [0.15, 0.2) is 41.5 Å². The second-order valence-corrected chi connectivity index (χ2v) is 6.94. The molecule has 0 saturated heterocycles. The van der Waals surface area contributed by atoms with Crippen LogP contribution in [0, 0.1) is 5.92 Å². The molecule has 0 fully saturated rings. The van der Waals surface area contributed by atoms with Crippen molar-refractivity contribution in [2.45, 2.75) is 44.9 Å². The highest BCUT2D eigenvalue weighted by Crippen LogP contribution is 2.37. The number of benzene rings is 1. The Morgan fingerprint density at radius 1 is 1.33 bits per heavy atom. The fraction of sp³-hybridized carbons (Fsp3) is 0.450. The van der Waals surface area contributed by atoms with E-state index in [1.165, 1.54) is 31.3 Å². The Balaban J connectivity index is 1.62. The quantitative estimate of drug-likeness (QED) is 0.692. The normalized spacial score (nSPS) is 20.0. The molecule has 0 spiro atoms. The van der Waals surface area contributed by atoms with Crippen LogP contribution in [0.3, 0.4) is 0 Å².